The molecule has 0 aromatic heterocycles. The third-order valence-corrected chi connectivity index (χ3v) is 4.33. The van der Waals surface area contributed by atoms with Gasteiger partial charge in [-0.3, -0.25) is 0 Å². The number of amides is 2. The van der Waals surface area contributed by atoms with Crippen molar-refractivity contribution in [3.8, 4) is 11.5 Å². The van der Waals surface area contributed by atoms with E-state index in [0.29, 0.717) is 40.4 Å². The number of ether oxygens (including phenoxy) is 2. The number of fused-ring (bicyclic) bond motifs is 1. The van der Waals surface area contributed by atoms with Crippen molar-refractivity contribution in [2.75, 3.05) is 18.5 Å². The first kappa shape index (κ1) is 17.5. The molecule has 0 saturated heterocycles. The van der Waals surface area contributed by atoms with Crippen molar-refractivity contribution in [3.05, 3.63) is 52.0 Å². The molecule has 0 unspecified atom stereocenters. The summed E-state index contributed by atoms with van der Waals surface area (Å²) in [5.74, 6) is -0.751. The first-order valence-corrected chi connectivity index (χ1v) is 8.35. The zero-order chi connectivity index (χ0) is 18.0. The molecule has 1 atom stereocenters. The number of carbonyl (C=O) groups excluding carboxylic acids is 1. The smallest absolute Gasteiger partial charge is 0.319 e. The van der Waals surface area contributed by atoms with Crippen LogP contribution in [0.15, 0.2) is 34.8 Å². The van der Waals surface area contributed by atoms with Crippen LogP contribution in [0.1, 0.15) is 18.5 Å². The second kappa shape index (κ2) is 7.26. The van der Waals surface area contributed by atoms with Gasteiger partial charge in [-0.2, -0.15) is 0 Å². The Kier molecular flexibility index (Phi) is 5.08. The largest absolute Gasteiger partial charge is 0.486 e. The van der Waals surface area contributed by atoms with Gasteiger partial charge in [-0.05, 0) is 40.5 Å². The van der Waals surface area contributed by atoms with Gasteiger partial charge in [-0.25, -0.2) is 13.6 Å². The highest BCUT2D eigenvalue weighted by atomic mass is 79.9. The van der Waals surface area contributed by atoms with Crippen LogP contribution in [-0.2, 0) is 0 Å². The molecule has 0 saturated carbocycles. The Morgan fingerprint density at radius 1 is 1.12 bits per heavy atom. The third-order valence-electron chi connectivity index (χ3n) is 3.67. The number of urea groups is 1. The number of rotatable bonds is 3. The van der Waals surface area contributed by atoms with Crippen molar-refractivity contribution in [1.82, 2.24) is 5.32 Å². The molecule has 25 heavy (non-hydrogen) atoms. The fourth-order valence-corrected chi connectivity index (χ4v) is 2.80. The molecule has 8 heteroatoms. The zero-order valence-electron chi connectivity index (χ0n) is 13.2. The summed E-state index contributed by atoms with van der Waals surface area (Å²) in [6, 6.07) is 5.87. The van der Waals surface area contributed by atoms with Gasteiger partial charge in [0.15, 0.2) is 23.1 Å². The predicted octanol–water partition coefficient (Wildman–Crippen LogP) is 4.38. The summed E-state index contributed by atoms with van der Waals surface area (Å²) in [5, 5.41) is 5.35. The molecule has 2 aromatic carbocycles. The number of hydrogen-bond donors (Lipinski definition) is 2. The molecule has 0 bridgehead atoms. The number of nitrogens with one attached hydrogen (secondary N) is 2. The summed E-state index contributed by atoms with van der Waals surface area (Å²) >= 11 is 3.36. The Morgan fingerprint density at radius 2 is 1.80 bits per heavy atom. The lowest BCUT2D eigenvalue weighted by molar-refractivity contribution is 0.171. The lowest BCUT2D eigenvalue weighted by atomic mass is 10.1. The van der Waals surface area contributed by atoms with Gasteiger partial charge in [0.2, 0.25) is 0 Å². The van der Waals surface area contributed by atoms with Crippen molar-refractivity contribution < 1.29 is 23.0 Å². The Labute approximate surface area is 151 Å². The first-order valence-electron chi connectivity index (χ1n) is 7.55. The summed E-state index contributed by atoms with van der Waals surface area (Å²) in [6.07, 6.45) is 0. The van der Waals surface area contributed by atoms with E-state index in [1.807, 2.05) is 0 Å². The summed E-state index contributed by atoms with van der Waals surface area (Å²) < 4.78 is 37.9. The minimum Gasteiger partial charge on any atom is -0.486 e. The summed E-state index contributed by atoms with van der Waals surface area (Å²) in [6.45, 7) is 2.58. The van der Waals surface area contributed by atoms with E-state index in [0.717, 1.165) is 12.1 Å². The Morgan fingerprint density at radius 3 is 2.48 bits per heavy atom. The SMILES string of the molecule is C[C@H](NC(=O)Nc1cc2c(cc1Br)OCCO2)c1ccc(F)c(F)c1. The normalized spacial score (nSPS) is 13.9. The van der Waals surface area contributed by atoms with Crippen molar-refractivity contribution in [2.24, 2.45) is 0 Å². The maximum absolute atomic E-state index is 13.3. The number of anilines is 1. The van der Waals surface area contributed by atoms with E-state index >= 15 is 0 Å². The molecule has 2 aromatic rings. The molecule has 1 aliphatic heterocycles. The number of hydrogen-bond acceptors (Lipinski definition) is 3. The van der Waals surface area contributed by atoms with Gasteiger partial charge in [0.05, 0.1) is 11.7 Å². The molecule has 1 aliphatic rings. The highest BCUT2D eigenvalue weighted by Gasteiger charge is 2.17. The monoisotopic (exact) mass is 412 g/mol. The van der Waals surface area contributed by atoms with Gasteiger partial charge in [0.1, 0.15) is 13.2 Å². The van der Waals surface area contributed by atoms with E-state index in [1.165, 1.54) is 6.07 Å². The average molecular weight is 413 g/mol. The standard InChI is InChI=1S/C17H15BrF2N2O3/c1-9(10-2-3-12(19)13(20)6-10)21-17(23)22-14-8-16-15(7-11(14)18)24-4-5-25-16/h2-3,6-9H,4-5H2,1H3,(H2,21,22,23)/t9-/m0/s1. The van der Waals surface area contributed by atoms with Crippen LogP contribution >= 0.6 is 15.9 Å². The average Bonchev–Trinajstić information content (AvgIpc) is 2.58. The van der Waals surface area contributed by atoms with Crippen molar-refractivity contribution >= 4 is 27.6 Å². The van der Waals surface area contributed by atoms with Crippen LogP contribution in [0, 0.1) is 11.6 Å². The molecule has 0 radical (unpaired) electrons. The number of halogens is 3. The molecule has 1 heterocycles. The van der Waals surface area contributed by atoms with Gasteiger partial charge < -0.3 is 20.1 Å². The molecule has 5 nitrogen and oxygen atoms in total. The predicted molar refractivity (Wildman–Crippen MR) is 92.1 cm³/mol. The van der Waals surface area contributed by atoms with Gasteiger partial charge in [-0.15, -0.1) is 0 Å². The van der Waals surface area contributed by atoms with Crippen molar-refractivity contribution in [3.63, 3.8) is 0 Å². The minimum atomic E-state index is -0.957. The summed E-state index contributed by atoms with van der Waals surface area (Å²) in [5.41, 5.74) is 0.953. The molecule has 0 aliphatic carbocycles. The van der Waals surface area contributed by atoms with E-state index in [9.17, 15) is 13.6 Å². The van der Waals surface area contributed by atoms with E-state index in [-0.39, 0.29) is 0 Å². The summed E-state index contributed by atoms with van der Waals surface area (Å²) in [7, 11) is 0. The van der Waals surface area contributed by atoms with E-state index in [4.69, 9.17) is 9.47 Å². The molecule has 2 N–H and O–H groups in total. The van der Waals surface area contributed by atoms with Crippen LogP contribution in [0.4, 0.5) is 19.3 Å². The first-order chi connectivity index (χ1) is 11.9. The topological polar surface area (TPSA) is 59.6 Å². The number of carbonyl (C=O) groups is 1. The van der Waals surface area contributed by atoms with E-state index in [1.54, 1.807) is 19.1 Å². The Balaban J connectivity index is 1.69. The summed E-state index contributed by atoms with van der Waals surface area (Å²) in [4.78, 5) is 12.2. The maximum atomic E-state index is 13.3. The molecule has 0 spiro atoms. The fraction of sp³-hybridized carbons (Fsp3) is 0.235. The van der Waals surface area contributed by atoms with Crippen LogP contribution in [0.2, 0.25) is 0 Å². The van der Waals surface area contributed by atoms with Crippen LogP contribution in [0.3, 0.4) is 0 Å². The highest BCUT2D eigenvalue weighted by molar-refractivity contribution is 9.10. The molecular weight excluding hydrogens is 398 g/mol. The Hall–Kier alpha value is -2.35. The quantitative estimate of drug-likeness (QED) is 0.786. The third kappa shape index (κ3) is 4.01. The molecular formula is C17H15BrF2N2O3. The maximum Gasteiger partial charge on any atom is 0.319 e. The molecule has 3 rings (SSSR count). The van der Waals surface area contributed by atoms with E-state index in [2.05, 4.69) is 26.6 Å². The van der Waals surface area contributed by atoms with Crippen LogP contribution in [0.25, 0.3) is 0 Å². The second-order valence-electron chi connectivity index (χ2n) is 5.47. The number of benzene rings is 2. The van der Waals surface area contributed by atoms with Gasteiger partial charge in [0.25, 0.3) is 0 Å². The van der Waals surface area contributed by atoms with Gasteiger partial charge in [0, 0.05) is 16.6 Å². The van der Waals surface area contributed by atoms with E-state index < -0.39 is 23.7 Å². The second-order valence-corrected chi connectivity index (χ2v) is 6.32. The van der Waals surface area contributed by atoms with Crippen LogP contribution in [-0.4, -0.2) is 19.2 Å². The lowest BCUT2D eigenvalue weighted by Gasteiger charge is -2.20. The molecule has 0 fully saturated rings. The van der Waals surface area contributed by atoms with Gasteiger partial charge in [-0.1, -0.05) is 6.07 Å². The lowest BCUT2D eigenvalue weighted by Crippen LogP contribution is -2.31. The van der Waals surface area contributed by atoms with Crippen molar-refractivity contribution in [1.29, 1.82) is 0 Å². The minimum absolute atomic E-state index is 0.438. The van der Waals surface area contributed by atoms with Crippen molar-refractivity contribution in [2.45, 2.75) is 13.0 Å². The highest BCUT2D eigenvalue weighted by Crippen LogP contribution is 2.38. The Bertz CT molecular complexity index is 817. The fourth-order valence-electron chi connectivity index (χ4n) is 2.38. The van der Waals surface area contributed by atoms with Gasteiger partial charge >= 0.3 is 6.03 Å². The zero-order valence-corrected chi connectivity index (χ0v) is 14.8. The molecule has 2 amide bonds. The van der Waals surface area contributed by atoms with Crippen LogP contribution < -0.4 is 20.1 Å². The molecule has 132 valence electrons. The van der Waals surface area contributed by atoms with Crippen LogP contribution in [0.5, 0.6) is 11.5 Å².